The fourth-order valence-electron chi connectivity index (χ4n) is 1.08. The van der Waals surface area contributed by atoms with Crippen LogP contribution in [0.5, 0.6) is 0 Å². The number of carbonyl (C=O) groups is 1. The lowest BCUT2D eigenvalue weighted by Gasteiger charge is -2.10. The van der Waals surface area contributed by atoms with Crippen molar-refractivity contribution in [2.24, 2.45) is 5.73 Å². The van der Waals surface area contributed by atoms with E-state index in [1.807, 2.05) is 19.2 Å². The summed E-state index contributed by atoms with van der Waals surface area (Å²) in [4.78, 5) is 15.5. The molecule has 16 heavy (non-hydrogen) atoms. The molecule has 1 atom stereocenters. The van der Waals surface area contributed by atoms with E-state index in [2.05, 4.69) is 10.3 Å². The Labute approximate surface area is 112 Å². The second kappa shape index (κ2) is 8.75. The summed E-state index contributed by atoms with van der Waals surface area (Å²) in [5.74, 6) is -0.0205. The Morgan fingerprint density at radius 2 is 2.25 bits per heavy atom. The first-order valence-electron chi connectivity index (χ1n) is 4.55. The fraction of sp³-hybridized carbons (Fsp3) is 0.556. The molecule has 0 aliphatic heterocycles. The van der Waals surface area contributed by atoms with E-state index >= 15 is 0 Å². The van der Waals surface area contributed by atoms with E-state index in [9.17, 15) is 4.79 Å². The first-order chi connectivity index (χ1) is 6.63. The molecule has 0 aliphatic carbocycles. The van der Waals surface area contributed by atoms with E-state index < -0.39 is 0 Å². The molecular formula is C9H17Cl2N3OS. The summed E-state index contributed by atoms with van der Waals surface area (Å²) >= 11 is 1.56. The van der Waals surface area contributed by atoms with Crippen molar-refractivity contribution in [3.8, 4) is 0 Å². The van der Waals surface area contributed by atoms with Crippen molar-refractivity contribution >= 4 is 42.1 Å². The highest BCUT2D eigenvalue weighted by atomic mass is 35.5. The number of halogens is 2. The smallest absolute Gasteiger partial charge is 0.221 e. The summed E-state index contributed by atoms with van der Waals surface area (Å²) in [7, 11) is 0. The van der Waals surface area contributed by atoms with Crippen LogP contribution in [0.2, 0.25) is 0 Å². The molecule has 1 aromatic rings. The molecule has 1 amide bonds. The third-order valence-electron chi connectivity index (χ3n) is 1.76. The summed E-state index contributed by atoms with van der Waals surface area (Å²) in [6.07, 6.45) is 0.370. The van der Waals surface area contributed by atoms with Crippen molar-refractivity contribution in [2.45, 2.75) is 26.3 Å². The maximum absolute atomic E-state index is 11.2. The highest BCUT2D eigenvalue weighted by Crippen LogP contribution is 2.17. The van der Waals surface area contributed by atoms with E-state index in [1.165, 1.54) is 0 Å². The lowest BCUT2D eigenvalue weighted by atomic mass is 10.3. The zero-order chi connectivity index (χ0) is 10.6. The van der Waals surface area contributed by atoms with Crippen LogP contribution in [0.4, 0.5) is 0 Å². The molecule has 0 spiro atoms. The molecule has 94 valence electrons. The molecule has 3 N–H and O–H groups in total. The molecule has 0 aliphatic rings. The molecule has 1 heterocycles. The van der Waals surface area contributed by atoms with Crippen LogP contribution in [-0.2, 0) is 4.79 Å². The summed E-state index contributed by atoms with van der Waals surface area (Å²) < 4.78 is 0. The Morgan fingerprint density at radius 1 is 1.62 bits per heavy atom. The third kappa shape index (κ3) is 5.65. The lowest BCUT2D eigenvalue weighted by Crippen LogP contribution is -2.28. The van der Waals surface area contributed by atoms with E-state index in [-0.39, 0.29) is 36.8 Å². The summed E-state index contributed by atoms with van der Waals surface area (Å²) in [5.41, 5.74) is 6.26. The zero-order valence-corrected chi connectivity index (χ0v) is 11.7. The van der Waals surface area contributed by atoms with Crippen LogP contribution in [0.1, 0.15) is 30.1 Å². The number of aryl methyl sites for hydroxylation is 1. The van der Waals surface area contributed by atoms with Crippen LogP contribution < -0.4 is 11.1 Å². The van der Waals surface area contributed by atoms with Crippen LogP contribution >= 0.6 is 36.2 Å². The number of nitrogens with two attached hydrogens (primary N) is 1. The Morgan fingerprint density at radius 3 is 2.69 bits per heavy atom. The zero-order valence-electron chi connectivity index (χ0n) is 9.23. The molecule has 4 nitrogen and oxygen atoms in total. The van der Waals surface area contributed by atoms with Crippen molar-refractivity contribution in [2.75, 3.05) is 6.54 Å². The van der Waals surface area contributed by atoms with Crippen LogP contribution in [0, 0.1) is 6.92 Å². The van der Waals surface area contributed by atoms with Crippen molar-refractivity contribution < 1.29 is 4.79 Å². The second-order valence-electron chi connectivity index (χ2n) is 3.16. The summed E-state index contributed by atoms with van der Waals surface area (Å²) in [6, 6.07) is -0.0206. The third-order valence-corrected chi connectivity index (χ3v) is 2.90. The Bertz CT molecular complexity index is 319. The maximum atomic E-state index is 11.2. The van der Waals surface area contributed by atoms with Crippen LogP contribution in [0.25, 0.3) is 0 Å². The number of aromatic nitrogens is 1. The Hall–Kier alpha value is -0.360. The van der Waals surface area contributed by atoms with E-state index in [0.29, 0.717) is 13.0 Å². The largest absolute Gasteiger partial charge is 0.347 e. The Balaban J connectivity index is 0. The molecule has 7 heteroatoms. The quantitative estimate of drug-likeness (QED) is 0.887. The lowest BCUT2D eigenvalue weighted by molar-refractivity contribution is -0.121. The molecular weight excluding hydrogens is 269 g/mol. The molecule has 0 radical (unpaired) electrons. The number of nitrogens with zero attached hydrogens (tertiary/aromatic N) is 1. The number of nitrogens with one attached hydrogen (secondary N) is 1. The van der Waals surface area contributed by atoms with Gasteiger partial charge in [-0.2, -0.15) is 0 Å². The normalized spacial score (nSPS) is 10.9. The van der Waals surface area contributed by atoms with Crippen molar-refractivity contribution in [1.82, 2.24) is 10.3 Å². The molecule has 0 aromatic carbocycles. The van der Waals surface area contributed by atoms with Gasteiger partial charge in [0.2, 0.25) is 5.91 Å². The van der Waals surface area contributed by atoms with Gasteiger partial charge in [-0.25, -0.2) is 4.98 Å². The summed E-state index contributed by atoms with van der Waals surface area (Å²) in [6.45, 7) is 4.25. The van der Waals surface area contributed by atoms with Crippen LogP contribution in [0.15, 0.2) is 5.38 Å². The van der Waals surface area contributed by atoms with E-state index in [1.54, 1.807) is 11.3 Å². The van der Waals surface area contributed by atoms with Crippen LogP contribution in [0.3, 0.4) is 0 Å². The average molecular weight is 286 g/mol. The van der Waals surface area contributed by atoms with Gasteiger partial charge >= 0.3 is 0 Å². The van der Waals surface area contributed by atoms with Gasteiger partial charge in [0.1, 0.15) is 5.01 Å². The van der Waals surface area contributed by atoms with Gasteiger partial charge in [0.05, 0.1) is 6.04 Å². The molecule has 0 fully saturated rings. The van der Waals surface area contributed by atoms with Gasteiger partial charge in [-0.15, -0.1) is 36.2 Å². The van der Waals surface area contributed by atoms with Gasteiger partial charge in [-0.3, -0.25) is 4.79 Å². The minimum Gasteiger partial charge on any atom is -0.347 e. The van der Waals surface area contributed by atoms with Gasteiger partial charge in [0.15, 0.2) is 0 Å². The fourth-order valence-corrected chi connectivity index (χ4v) is 1.88. The minimum atomic E-state index is -0.0206. The van der Waals surface area contributed by atoms with E-state index in [0.717, 1.165) is 10.7 Å². The first-order valence-corrected chi connectivity index (χ1v) is 5.43. The van der Waals surface area contributed by atoms with E-state index in [4.69, 9.17) is 5.73 Å². The van der Waals surface area contributed by atoms with Crippen molar-refractivity contribution in [3.63, 3.8) is 0 Å². The SMILES string of the molecule is Cc1csc(C(C)NC(=O)CCN)n1.Cl.Cl. The Kier molecular flexibility index (Phi) is 9.86. The first kappa shape index (κ1) is 18.0. The maximum Gasteiger partial charge on any atom is 0.221 e. The molecule has 0 bridgehead atoms. The van der Waals surface area contributed by atoms with Gasteiger partial charge in [0, 0.05) is 24.0 Å². The van der Waals surface area contributed by atoms with Gasteiger partial charge in [0.25, 0.3) is 0 Å². The van der Waals surface area contributed by atoms with Crippen molar-refractivity contribution in [3.05, 3.63) is 16.1 Å². The second-order valence-corrected chi connectivity index (χ2v) is 4.04. The minimum absolute atomic E-state index is 0. The number of thiazole rings is 1. The number of amides is 1. The van der Waals surface area contributed by atoms with Gasteiger partial charge < -0.3 is 11.1 Å². The summed E-state index contributed by atoms with van der Waals surface area (Å²) in [5, 5.41) is 5.75. The number of hydrogen-bond donors (Lipinski definition) is 2. The molecule has 1 unspecified atom stereocenters. The predicted molar refractivity (Wildman–Crippen MR) is 71.6 cm³/mol. The number of rotatable bonds is 4. The van der Waals surface area contributed by atoms with Gasteiger partial charge in [-0.1, -0.05) is 0 Å². The molecule has 1 aromatic heterocycles. The van der Waals surface area contributed by atoms with Crippen molar-refractivity contribution in [1.29, 1.82) is 0 Å². The highest BCUT2D eigenvalue weighted by molar-refractivity contribution is 7.09. The topological polar surface area (TPSA) is 68.0 Å². The number of hydrogen-bond acceptors (Lipinski definition) is 4. The molecule has 0 saturated carbocycles. The monoisotopic (exact) mass is 285 g/mol. The molecule has 0 saturated heterocycles. The predicted octanol–water partition coefficient (Wildman–Crippen LogP) is 1.82. The standard InChI is InChI=1S/C9H15N3OS.2ClH/c1-6-5-14-9(11-6)7(2)12-8(13)3-4-10;;/h5,7H,3-4,10H2,1-2H3,(H,12,13);2*1H. The van der Waals surface area contributed by atoms with Gasteiger partial charge in [-0.05, 0) is 13.8 Å². The highest BCUT2D eigenvalue weighted by Gasteiger charge is 2.11. The molecule has 1 rings (SSSR count). The average Bonchev–Trinajstić information content (AvgIpc) is 2.52. The van der Waals surface area contributed by atoms with Crippen LogP contribution in [-0.4, -0.2) is 17.4 Å². The number of carbonyl (C=O) groups excluding carboxylic acids is 1.